The Kier molecular flexibility index (Phi) is 5.98. The molecule has 4 aromatic rings. The van der Waals surface area contributed by atoms with Crippen molar-refractivity contribution in [3.63, 3.8) is 0 Å². The number of morpholine rings is 1. The van der Waals surface area contributed by atoms with Gasteiger partial charge in [0.05, 0.1) is 29.5 Å². The SMILES string of the molecule is Cc1cccc(-n2c(SC(C)c3nc4sc(C)c(C)c4c(=O)[nH]3)nnc2N2CCOCC2)c1. The average molecular weight is 483 g/mol. The summed E-state index contributed by atoms with van der Waals surface area (Å²) in [6.07, 6.45) is 0. The minimum Gasteiger partial charge on any atom is -0.378 e. The van der Waals surface area contributed by atoms with Crippen LogP contribution >= 0.6 is 23.1 Å². The van der Waals surface area contributed by atoms with Gasteiger partial charge in [-0.2, -0.15) is 0 Å². The van der Waals surface area contributed by atoms with Crippen LogP contribution in [0.15, 0.2) is 34.2 Å². The van der Waals surface area contributed by atoms with Crippen LogP contribution in [-0.2, 0) is 4.74 Å². The second kappa shape index (κ2) is 8.92. The summed E-state index contributed by atoms with van der Waals surface area (Å²) in [5.41, 5.74) is 3.10. The van der Waals surface area contributed by atoms with Gasteiger partial charge in [0.25, 0.3) is 5.56 Å². The Morgan fingerprint density at radius 3 is 2.73 bits per heavy atom. The van der Waals surface area contributed by atoms with Gasteiger partial charge in [0.15, 0.2) is 5.16 Å². The number of anilines is 1. The van der Waals surface area contributed by atoms with Crippen LogP contribution in [-0.4, -0.2) is 51.0 Å². The summed E-state index contributed by atoms with van der Waals surface area (Å²) in [6, 6.07) is 8.32. The molecule has 0 aliphatic carbocycles. The van der Waals surface area contributed by atoms with Crippen LogP contribution < -0.4 is 10.5 Å². The lowest BCUT2D eigenvalue weighted by atomic mass is 10.2. The summed E-state index contributed by atoms with van der Waals surface area (Å²) < 4.78 is 7.62. The largest absolute Gasteiger partial charge is 0.378 e. The predicted octanol–water partition coefficient (Wildman–Crippen LogP) is 4.18. The number of hydrogen-bond donors (Lipinski definition) is 1. The Balaban J connectivity index is 1.53. The fourth-order valence-corrected chi connectivity index (χ4v) is 5.93. The summed E-state index contributed by atoms with van der Waals surface area (Å²) in [5, 5.41) is 10.4. The molecule has 1 aromatic carbocycles. The van der Waals surface area contributed by atoms with Crippen LogP contribution in [0.4, 0.5) is 5.95 Å². The summed E-state index contributed by atoms with van der Waals surface area (Å²) in [4.78, 5) is 24.7. The predicted molar refractivity (Wildman–Crippen MR) is 133 cm³/mol. The van der Waals surface area contributed by atoms with E-state index < -0.39 is 0 Å². The molecule has 172 valence electrons. The average Bonchev–Trinajstić information content (AvgIpc) is 3.35. The first-order chi connectivity index (χ1) is 15.9. The highest BCUT2D eigenvalue weighted by atomic mass is 32.2. The Bertz CT molecular complexity index is 1370. The van der Waals surface area contributed by atoms with E-state index in [-0.39, 0.29) is 10.8 Å². The van der Waals surface area contributed by atoms with Gasteiger partial charge in [0.1, 0.15) is 10.7 Å². The van der Waals surface area contributed by atoms with E-state index in [1.807, 2.05) is 26.8 Å². The number of hydrogen-bond acceptors (Lipinski definition) is 8. The Hall–Kier alpha value is -2.69. The highest BCUT2D eigenvalue weighted by Crippen LogP contribution is 2.36. The number of thiophene rings is 1. The monoisotopic (exact) mass is 482 g/mol. The smallest absolute Gasteiger partial charge is 0.259 e. The quantitative estimate of drug-likeness (QED) is 0.427. The fraction of sp³-hybridized carbons (Fsp3) is 0.391. The Morgan fingerprint density at radius 1 is 1.18 bits per heavy atom. The molecule has 0 radical (unpaired) electrons. The van der Waals surface area contributed by atoms with Gasteiger partial charge in [-0.05, 0) is 51.0 Å². The Labute approximate surface area is 200 Å². The van der Waals surface area contributed by atoms with Crippen molar-refractivity contribution < 1.29 is 4.74 Å². The number of aromatic nitrogens is 5. The van der Waals surface area contributed by atoms with Gasteiger partial charge >= 0.3 is 0 Å². The van der Waals surface area contributed by atoms with Gasteiger partial charge in [-0.15, -0.1) is 21.5 Å². The van der Waals surface area contributed by atoms with Crippen LogP contribution in [0.3, 0.4) is 0 Å². The molecule has 3 aromatic heterocycles. The molecule has 1 N–H and O–H groups in total. The van der Waals surface area contributed by atoms with Crippen LogP contribution in [0.1, 0.15) is 34.0 Å². The molecule has 10 heteroatoms. The van der Waals surface area contributed by atoms with Crippen LogP contribution in [0.2, 0.25) is 0 Å². The number of aromatic amines is 1. The number of nitrogens with zero attached hydrogens (tertiary/aromatic N) is 5. The zero-order valence-corrected chi connectivity index (χ0v) is 20.7. The standard InChI is InChI=1S/C23H26N6O2S2/c1-13-6-5-7-17(12-13)29-22(28-8-10-31-11-9-28)26-27-23(29)33-16(4)19-24-20(30)18-14(2)15(3)32-21(18)25-19/h5-7,12,16H,8-11H2,1-4H3,(H,24,25,30). The van der Waals surface area contributed by atoms with E-state index >= 15 is 0 Å². The first-order valence-corrected chi connectivity index (χ1v) is 12.6. The molecule has 1 atom stereocenters. The van der Waals surface area contributed by atoms with Crippen molar-refractivity contribution in [2.75, 3.05) is 31.2 Å². The first-order valence-electron chi connectivity index (χ1n) is 10.9. The minimum absolute atomic E-state index is 0.0848. The minimum atomic E-state index is -0.116. The zero-order chi connectivity index (χ0) is 23.1. The molecule has 8 nitrogen and oxygen atoms in total. The second-order valence-electron chi connectivity index (χ2n) is 8.23. The number of fused-ring (bicyclic) bond motifs is 1. The summed E-state index contributed by atoms with van der Waals surface area (Å²) >= 11 is 3.10. The van der Waals surface area contributed by atoms with E-state index in [0.29, 0.717) is 24.4 Å². The van der Waals surface area contributed by atoms with Gasteiger partial charge in [-0.1, -0.05) is 23.9 Å². The van der Waals surface area contributed by atoms with E-state index in [2.05, 4.69) is 49.8 Å². The molecule has 1 aliphatic heterocycles. The van der Waals surface area contributed by atoms with Gasteiger partial charge in [0, 0.05) is 18.0 Å². The third kappa shape index (κ3) is 4.18. The third-order valence-corrected chi connectivity index (χ3v) is 8.05. The molecule has 0 bridgehead atoms. The maximum Gasteiger partial charge on any atom is 0.259 e. The van der Waals surface area contributed by atoms with Crippen molar-refractivity contribution in [1.29, 1.82) is 0 Å². The highest BCUT2D eigenvalue weighted by Gasteiger charge is 2.24. The maximum absolute atomic E-state index is 12.8. The number of benzene rings is 1. The normalized spacial score (nSPS) is 15.3. The van der Waals surface area contributed by atoms with E-state index in [0.717, 1.165) is 50.7 Å². The van der Waals surface area contributed by atoms with Crippen LogP contribution in [0.5, 0.6) is 0 Å². The van der Waals surface area contributed by atoms with Crippen LogP contribution in [0, 0.1) is 20.8 Å². The number of ether oxygens (including phenoxy) is 1. The summed E-state index contributed by atoms with van der Waals surface area (Å²) in [7, 11) is 0. The van der Waals surface area contributed by atoms with Crippen molar-refractivity contribution >= 4 is 39.3 Å². The van der Waals surface area contributed by atoms with Crippen molar-refractivity contribution in [2.45, 2.75) is 38.1 Å². The lowest BCUT2D eigenvalue weighted by Gasteiger charge is -2.28. The number of thioether (sulfide) groups is 1. The molecule has 0 saturated carbocycles. The number of nitrogens with one attached hydrogen (secondary N) is 1. The fourth-order valence-electron chi connectivity index (χ4n) is 3.98. The molecule has 0 spiro atoms. The van der Waals surface area contributed by atoms with E-state index in [9.17, 15) is 4.79 Å². The van der Waals surface area contributed by atoms with Crippen molar-refractivity contribution in [2.24, 2.45) is 0 Å². The van der Waals surface area contributed by atoms with E-state index in [1.165, 1.54) is 0 Å². The lowest BCUT2D eigenvalue weighted by molar-refractivity contribution is 0.122. The number of aryl methyl sites for hydroxylation is 3. The molecule has 1 fully saturated rings. The van der Waals surface area contributed by atoms with Gasteiger partial charge in [-0.25, -0.2) is 4.98 Å². The lowest BCUT2D eigenvalue weighted by Crippen LogP contribution is -2.37. The third-order valence-electron chi connectivity index (χ3n) is 5.89. The summed E-state index contributed by atoms with van der Waals surface area (Å²) in [6.45, 7) is 11.0. The maximum atomic E-state index is 12.8. The topological polar surface area (TPSA) is 88.9 Å². The van der Waals surface area contributed by atoms with E-state index in [1.54, 1.807) is 23.1 Å². The van der Waals surface area contributed by atoms with Crippen LogP contribution in [0.25, 0.3) is 15.9 Å². The molecule has 0 amide bonds. The number of H-pyrrole nitrogens is 1. The zero-order valence-electron chi connectivity index (χ0n) is 19.1. The molecule has 33 heavy (non-hydrogen) atoms. The summed E-state index contributed by atoms with van der Waals surface area (Å²) in [5.74, 6) is 1.45. The van der Waals surface area contributed by atoms with Gasteiger partial charge < -0.3 is 14.6 Å². The molecule has 1 aliphatic rings. The van der Waals surface area contributed by atoms with Gasteiger partial charge in [-0.3, -0.25) is 9.36 Å². The van der Waals surface area contributed by atoms with Crippen molar-refractivity contribution in [3.05, 3.63) is 56.4 Å². The second-order valence-corrected chi connectivity index (χ2v) is 10.7. The molecule has 1 unspecified atom stereocenters. The molecular weight excluding hydrogens is 456 g/mol. The highest BCUT2D eigenvalue weighted by molar-refractivity contribution is 7.99. The van der Waals surface area contributed by atoms with E-state index in [4.69, 9.17) is 9.72 Å². The Morgan fingerprint density at radius 2 is 1.97 bits per heavy atom. The molecule has 5 rings (SSSR count). The van der Waals surface area contributed by atoms with Crippen molar-refractivity contribution in [3.8, 4) is 5.69 Å². The molecule has 4 heterocycles. The molecule has 1 saturated heterocycles. The van der Waals surface area contributed by atoms with Gasteiger partial charge in [0.2, 0.25) is 5.95 Å². The first kappa shape index (κ1) is 22.1. The molecular formula is C23H26N6O2S2. The van der Waals surface area contributed by atoms with Crippen molar-refractivity contribution in [1.82, 2.24) is 24.7 Å². The number of rotatable bonds is 5.